The van der Waals surface area contributed by atoms with Gasteiger partial charge in [-0.25, -0.2) is 0 Å². The zero-order chi connectivity index (χ0) is 14.8. The molecule has 0 bridgehead atoms. The molecule has 0 saturated carbocycles. The van der Waals surface area contributed by atoms with E-state index in [4.69, 9.17) is 21.1 Å². The van der Waals surface area contributed by atoms with Gasteiger partial charge in [-0.1, -0.05) is 6.42 Å². The molecule has 0 radical (unpaired) electrons. The Hall–Kier alpha value is 0.0800. The van der Waals surface area contributed by atoms with Gasteiger partial charge < -0.3 is 9.47 Å². The zero-order valence-electron chi connectivity index (χ0n) is 12.0. The highest BCUT2D eigenvalue weighted by atomic mass is 35.5. The van der Waals surface area contributed by atoms with Crippen LogP contribution in [0.15, 0.2) is 0 Å². The molecule has 0 aromatic rings. The molecule has 0 aromatic carbocycles. The Bertz CT molecular complexity index is 408. The highest BCUT2D eigenvalue weighted by Gasteiger charge is 2.43. The second-order valence-corrected chi connectivity index (χ2v) is 7.48. The highest BCUT2D eigenvalue weighted by molar-refractivity contribution is 7.86. The van der Waals surface area contributed by atoms with E-state index in [1.165, 1.54) is 4.31 Å². The van der Waals surface area contributed by atoms with Crippen LogP contribution in [-0.4, -0.2) is 75.0 Å². The number of methoxy groups -OCH3 is 2. The van der Waals surface area contributed by atoms with Gasteiger partial charge in [0.15, 0.2) is 0 Å². The van der Waals surface area contributed by atoms with Crippen LogP contribution in [0.1, 0.15) is 19.3 Å². The highest BCUT2D eigenvalue weighted by Crippen LogP contribution is 2.27. The van der Waals surface area contributed by atoms with Crippen molar-refractivity contribution in [2.24, 2.45) is 0 Å². The van der Waals surface area contributed by atoms with Crippen molar-refractivity contribution in [1.29, 1.82) is 0 Å². The van der Waals surface area contributed by atoms with Gasteiger partial charge in [-0.2, -0.15) is 17.0 Å². The third-order valence-electron chi connectivity index (χ3n) is 4.16. The summed E-state index contributed by atoms with van der Waals surface area (Å²) in [5.41, 5.74) is 0. The Kier molecular flexibility index (Phi) is 5.67. The minimum absolute atomic E-state index is 0.0991. The summed E-state index contributed by atoms with van der Waals surface area (Å²) in [6, 6.07) is -0.0991. The number of alkyl halides is 1. The topological polar surface area (TPSA) is 59.1 Å². The third-order valence-corrected chi connectivity index (χ3v) is 6.54. The molecule has 2 rings (SSSR count). The fraction of sp³-hybridized carbons (Fsp3) is 1.00. The monoisotopic (exact) mass is 326 g/mol. The van der Waals surface area contributed by atoms with E-state index in [2.05, 4.69) is 0 Å². The van der Waals surface area contributed by atoms with Crippen LogP contribution in [-0.2, 0) is 19.7 Å². The van der Waals surface area contributed by atoms with E-state index in [0.29, 0.717) is 25.5 Å². The van der Waals surface area contributed by atoms with E-state index < -0.39 is 10.2 Å². The van der Waals surface area contributed by atoms with Crippen LogP contribution >= 0.6 is 11.6 Å². The predicted octanol–water partition coefficient (Wildman–Crippen LogP) is 0.670. The lowest BCUT2D eigenvalue weighted by Gasteiger charge is -2.36. The van der Waals surface area contributed by atoms with Gasteiger partial charge in [0.2, 0.25) is 0 Å². The van der Waals surface area contributed by atoms with Crippen molar-refractivity contribution in [3.63, 3.8) is 0 Å². The van der Waals surface area contributed by atoms with Gasteiger partial charge in [0.1, 0.15) is 0 Å². The molecule has 0 N–H and O–H groups in total. The molecule has 0 aliphatic carbocycles. The average molecular weight is 327 g/mol. The van der Waals surface area contributed by atoms with Crippen molar-refractivity contribution in [2.75, 3.05) is 39.7 Å². The van der Waals surface area contributed by atoms with E-state index in [-0.39, 0.29) is 18.2 Å². The molecular formula is C12H23ClN2O4S. The van der Waals surface area contributed by atoms with Crippen molar-refractivity contribution in [3.05, 3.63) is 0 Å². The van der Waals surface area contributed by atoms with E-state index >= 15 is 0 Å². The molecule has 118 valence electrons. The number of rotatable bonds is 5. The summed E-state index contributed by atoms with van der Waals surface area (Å²) in [6.07, 6.45) is 2.33. The molecule has 2 aliphatic rings. The summed E-state index contributed by atoms with van der Waals surface area (Å²) in [5, 5.41) is 0. The van der Waals surface area contributed by atoms with Crippen molar-refractivity contribution < 1.29 is 17.9 Å². The first kappa shape index (κ1) is 16.5. The molecule has 20 heavy (non-hydrogen) atoms. The normalized spacial score (nSPS) is 33.6. The van der Waals surface area contributed by atoms with Crippen molar-refractivity contribution >= 4 is 21.8 Å². The number of hydrogen-bond acceptors (Lipinski definition) is 4. The molecule has 8 heteroatoms. The largest absolute Gasteiger partial charge is 0.377 e. The molecule has 0 amide bonds. The zero-order valence-corrected chi connectivity index (χ0v) is 13.6. The maximum atomic E-state index is 12.8. The summed E-state index contributed by atoms with van der Waals surface area (Å²) in [7, 11) is -0.330. The summed E-state index contributed by atoms with van der Waals surface area (Å²) in [5.74, 6) is 0.342. The molecule has 3 unspecified atom stereocenters. The molecule has 2 heterocycles. The fourth-order valence-corrected chi connectivity index (χ4v) is 5.22. The molecular weight excluding hydrogens is 304 g/mol. The Balaban J connectivity index is 2.14. The fourth-order valence-electron chi connectivity index (χ4n) is 2.93. The lowest BCUT2D eigenvalue weighted by atomic mass is 10.1. The van der Waals surface area contributed by atoms with Crippen LogP contribution in [0.3, 0.4) is 0 Å². The lowest BCUT2D eigenvalue weighted by Crippen LogP contribution is -2.51. The van der Waals surface area contributed by atoms with Gasteiger partial charge in [-0.15, -0.1) is 11.6 Å². The number of piperidine rings is 1. The van der Waals surface area contributed by atoms with Crippen molar-refractivity contribution in [1.82, 2.24) is 8.61 Å². The summed E-state index contributed by atoms with van der Waals surface area (Å²) in [6.45, 7) is 1.22. The van der Waals surface area contributed by atoms with E-state index in [1.807, 2.05) is 0 Å². The van der Waals surface area contributed by atoms with Crippen LogP contribution in [0.4, 0.5) is 0 Å². The molecule has 0 aromatic heterocycles. The number of halogens is 1. The average Bonchev–Trinajstić information content (AvgIpc) is 2.91. The van der Waals surface area contributed by atoms with Crippen LogP contribution in [0, 0.1) is 0 Å². The quantitative estimate of drug-likeness (QED) is 0.697. The van der Waals surface area contributed by atoms with Gasteiger partial charge in [0.25, 0.3) is 10.2 Å². The molecule has 2 aliphatic heterocycles. The SMILES string of the molecule is COC1CN(S(=O)(=O)N2CCCCC2CCl)CC1OC. The molecule has 0 spiro atoms. The summed E-state index contributed by atoms with van der Waals surface area (Å²) in [4.78, 5) is 0. The first-order valence-corrected chi connectivity index (χ1v) is 8.86. The second-order valence-electron chi connectivity index (χ2n) is 5.29. The Morgan fingerprint density at radius 1 is 1.15 bits per heavy atom. The standard InChI is InChI=1S/C12H23ClN2O4S/c1-18-11-8-14(9-12(11)19-2)20(16,17)15-6-4-3-5-10(15)7-13/h10-12H,3-9H2,1-2H3. The van der Waals surface area contributed by atoms with Crippen molar-refractivity contribution in [3.8, 4) is 0 Å². The smallest absolute Gasteiger partial charge is 0.282 e. The maximum absolute atomic E-state index is 12.8. The van der Waals surface area contributed by atoms with Gasteiger partial charge in [0, 0.05) is 45.8 Å². The first-order chi connectivity index (χ1) is 9.54. The molecule has 6 nitrogen and oxygen atoms in total. The number of hydrogen-bond donors (Lipinski definition) is 0. The number of nitrogens with zero attached hydrogens (tertiary/aromatic N) is 2. The van der Waals surface area contributed by atoms with Crippen LogP contribution in [0.25, 0.3) is 0 Å². The second kappa shape index (κ2) is 6.89. The van der Waals surface area contributed by atoms with E-state index in [0.717, 1.165) is 19.3 Å². The van der Waals surface area contributed by atoms with Crippen LogP contribution < -0.4 is 0 Å². The lowest BCUT2D eigenvalue weighted by molar-refractivity contribution is -0.00461. The minimum Gasteiger partial charge on any atom is -0.377 e. The maximum Gasteiger partial charge on any atom is 0.282 e. The van der Waals surface area contributed by atoms with E-state index in [9.17, 15) is 8.42 Å². The Labute approximate surface area is 126 Å². The van der Waals surface area contributed by atoms with E-state index in [1.54, 1.807) is 18.5 Å². The molecule has 2 fully saturated rings. The summed E-state index contributed by atoms with van der Waals surface area (Å²) >= 11 is 5.93. The summed E-state index contributed by atoms with van der Waals surface area (Å²) < 4.78 is 39.1. The Morgan fingerprint density at radius 3 is 2.25 bits per heavy atom. The Morgan fingerprint density at radius 2 is 1.75 bits per heavy atom. The number of ether oxygens (including phenoxy) is 2. The third kappa shape index (κ3) is 3.13. The van der Waals surface area contributed by atoms with Gasteiger partial charge in [-0.3, -0.25) is 0 Å². The molecule has 3 atom stereocenters. The van der Waals surface area contributed by atoms with Gasteiger partial charge in [0.05, 0.1) is 12.2 Å². The minimum atomic E-state index is -3.49. The first-order valence-electron chi connectivity index (χ1n) is 6.93. The van der Waals surface area contributed by atoms with Gasteiger partial charge in [-0.05, 0) is 12.8 Å². The predicted molar refractivity (Wildman–Crippen MR) is 77.2 cm³/mol. The molecule has 2 saturated heterocycles. The van der Waals surface area contributed by atoms with Crippen LogP contribution in [0.2, 0.25) is 0 Å². The van der Waals surface area contributed by atoms with Crippen molar-refractivity contribution in [2.45, 2.75) is 37.5 Å². The van der Waals surface area contributed by atoms with Crippen LogP contribution in [0.5, 0.6) is 0 Å². The van der Waals surface area contributed by atoms with Gasteiger partial charge >= 0.3 is 0 Å².